The molecule has 1 saturated heterocycles. The summed E-state index contributed by atoms with van der Waals surface area (Å²) in [6, 6.07) is 4.64. The number of benzene rings is 1. The second-order valence-electron chi connectivity index (χ2n) is 7.18. The summed E-state index contributed by atoms with van der Waals surface area (Å²) >= 11 is 0. The second-order valence-corrected chi connectivity index (χ2v) is 7.18. The first-order valence-electron chi connectivity index (χ1n) is 9.62. The molecule has 2 atom stereocenters. The Hall–Kier alpha value is -3.10. The van der Waals surface area contributed by atoms with E-state index in [1.165, 1.54) is 31.3 Å². The van der Waals surface area contributed by atoms with E-state index < -0.39 is 11.8 Å². The highest BCUT2D eigenvalue weighted by Gasteiger charge is 2.47. The lowest BCUT2D eigenvalue weighted by molar-refractivity contribution is -0.140. The first kappa shape index (κ1) is 20.6. The summed E-state index contributed by atoms with van der Waals surface area (Å²) in [5.41, 5.74) is 4.86. The van der Waals surface area contributed by atoms with E-state index in [4.69, 9.17) is 9.47 Å². The van der Waals surface area contributed by atoms with Gasteiger partial charge in [0, 0.05) is 24.6 Å². The number of amides is 4. The molecule has 1 aromatic rings. The van der Waals surface area contributed by atoms with Crippen molar-refractivity contribution in [3.8, 4) is 11.5 Å². The van der Waals surface area contributed by atoms with Gasteiger partial charge in [-0.05, 0) is 25.0 Å². The monoisotopic (exact) mass is 403 g/mol. The maximum Gasteiger partial charge on any atom is 0.269 e. The van der Waals surface area contributed by atoms with Crippen LogP contribution < -0.4 is 20.3 Å². The zero-order valence-electron chi connectivity index (χ0n) is 16.5. The lowest BCUT2D eigenvalue weighted by atomic mass is 9.81. The molecule has 1 saturated carbocycles. The van der Waals surface area contributed by atoms with Crippen molar-refractivity contribution in [3.05, 3.63) is 23.8 Å². The maximum atomic E-state index is 12.4. The Morgan fingerprint density at radius 1 is 0.966 bits per heavy atom. The molecule has 1 aromatic carbocycles. The van der Waals surface area contributed by atoms with Crippen molar-refractivity contribution >= 4 is 23.6 Å². The van der Waals surface area contributed by atoms with Crippen LogP contribution >= 0.6 is 0 Å². The number of hydrazine groups is 1. The van der Waals surface area contributed by atoms with Crippen molar-refractivity contribution in [2.24, 2.45) is 11.8 Å². The van der Waals surface area contributed by atoms with Crippen molar-refractivity contribution in [1.82, 2.24) is 15.8 Å². The summed E-state index contributed by atoms with van der Waals surface area (Å²) in [5.74, 6) is -0.996. The molecule has 0 unspecified atom stereocenters. The van der Waals surface area contributed by atoms with Crippen LogP contribution in [0.15, 0.2) is 18.2 Å². The number of nitrogens with zero attached hydrogens (tertiary/aromatic N) is 1. The SMILES string of the molecule is COc1cc(OC)cc(C(=O)NNC(=O)CCN2C(=O)[C@H]3CCCC[C@H]3C2=O)c1. The molecule has 2 aliphatic rings. The third kappa shape index (κ3) is 4.49. The van der Waals surface area contributed by atoms with Gasteiger partial charge in [0.2, 0.25) is 17.7 Å². The highest BCUT2D eigenvalue weighted by molar-refractivity contribution is 6.05. The van der Waals surface area contributed by atoms with Crippen molar-refractivity contribution in [2.75, 3.05) is 20.8 Å². The van der Waals surface area contributed by atoms with Crippen molar-refractivity contribution in [3.63, 3.8) is 0 Å². The van der Waals surface area contributed by atoms with E-state index in [9.17, 15) is 19.2 Å². The maximum absolute atomic E-state index is 12.4. The van der Waals surface area contributed by atoms with E-state index in [0.717, 1.165) is 25.7 Å². The van der Waals surface area contributed by atoms with E-state index in [0.29, 0.717) is 11.5 Å². The highest BCUT2D eigenvalue weighted by Crippen LogP contribution is 2.37. The van der Waals surface area contributed by atoms with Gasteiger partial charge in [-0.25, -0.2) is 0 Å². The molecule has 0 aromatic heterocycles. The van der Waals surface area contributed by atoms with Crippen LogP contribution in [0.5, 0.6) is 11.5 Å². The van der Waals surface area contributed by atoms with Crippen LogP contribution in [-0.2, 0) is 14.4 Å². The average Bonchev–Trinajstić information content (AvgIpc) is 3.00. The fourth-order valence-corrected chi connectivity index (χ4v) is 3.86. The lowest BCUT2D eigenvalue weighted by Gasteiger charge is -2.19. The number of nitrogens with one attached hydrogen (secondary N) is 2. The smallest absolute Gasteiger partial charge is 0.269 e. The van der Waals surface area contributed by atoms with Gasteiger partial charge in [0.1, 0.15) is 11.5 Å². The number of ether oxygens (including phenoxy) is 2. The average molecular weight is 403 g/mol. The molecule has 0 radical (unpaired) electrons. The molecule has 1 aliphatic carbocycles. The van der Waals surface area contributed by atoms with Gasteiger partial charge < -0.3 is 9.47 Å². The van der Waals surface area contributed by atoms with Gasteiger partial charge in [-0.1, -0.05) is 12.8 Å². The minimum atomic E-state index is -0.546. The lowest BCUT2D eigenvalue weighted by Crippen LogP contribution is -2.43. The van der Waals surface area contributed by atoms with Gasteiger partial charge in [0.15, 0.2) is 0 Å². The molecular formula is C20H25N3O6. The van der Waals surface area contributed by atoms with Crippen molar-refractivity contribution < 1.29 is 28.7 Å². The number of methoxy groups -OCH3 is 2. The number of carbonyl (C=O) groups is 4. The zero-order chi connectivity index (χ0) is 21.0. The molecule has 2 fully saturated rings. The molecule has 9 nitrogen and oxygen atoms in total. The Morgan fingerprint density at radius 3 is 2.03 bits per heavy atom. The second kappa shape index (κ2) is 8.93. The predicted octanol–water partition coefficient (Wildman–Crippen LogP) is 1.03. The topological polar surface area (TPSA) is 114 Å². The van der Waals surface area contributed by atoms with Crippen LogP contribution in [-0.4, -0.2) is 49.3 Å². The quantitative estimate of drug-likeness (QED) is 0.542. The first-order chi connectivity index (χ1) is 13.9. The van der Waals surface area contributed by atoms with Crippen molar-refractivity contribution in [2.45, 2.75) is 32.1 Å². The Labute approximate surface area is 168 Å². The molecule has 156 valence electrons. The van der Waals surface area contributed by atoms with Crippen LogP contribution in [0.3, 0.4) is 0 Å². The molecule has 29 heavy (non-hydrogen) atoms. The normalized spacial score (nSPS) is 20.8. The molecular weight excluding hydrogens is 378 g/mol. The first-order valence-corrected chi connectivity index (χ1v) is 9.62. The van der Waals surface area contributed by atoms with E-state index in [-0.39, 0.29) is 42.2 Å². The molecule has 0 spiro atoms. The minimum Gasteiger partial charge on any atom is -0.497 e. The van der Waals surface area contributed by atoms with E-state index >= 15 is 0 Å². The summed E-state index contributed by atoms with van der Waals surface area (Å²) in [5, 5.41) is 0. The van der Waals surface area contributed by atoms with E-state index in [1.807, 2.05) is 0 Å². The number of carbonyl (C=O) groups excluding carboxylic acids is 4. The molecule has 2 N–H and O–H groups in total. The van der Waals surface area contributed by atoms with Gasteiger partial charge in [0.05, 0.1) is 26.1 Å². The predicted molar refractivity (Wildman–Crippen MR) is 102 cm³/mol. The Morgan fingerprint density at radius 2 is 1.52 bits per heavy atom. The fourth-order valence-electron chi connectivity index (χ4n) is 3.86. The van der Waals surface area contributed by atoms with Gasteiger partial charge in [-0.15, -0.1) is 0 Å². The van der Waals surface area contributed by atoms with Crippen LogP contribution in [0, 0.1) is 11.8 Å². The summed E-state index contributed by atoms with van der Waals surface area (Å²) in [7, 11) is 2.94. The summed E-state index contributed by atoms with van der Waals surface area (Å²) < 4.78 is 10.2. The number of likely N-dealkylation sites (tertiary alicyclic amines) is 1. The van der Waals surface area contributed by atoms with Gasteiger partial charge >= 0.3 is 0 Å². The van der Waals surface area contributed by atoms with E-state index in [2.05, 4.69) is 10.9 Å². The Kier molecular flexibility index (Phi) is 6.36. The zero-order valence-corrected chi connectivity index (χ0v) is 16.5. The molecule has 1 aliphatic heterocycles. The summed E-state index contributed by atoms with van der Waals surface area (Å²) in [4.78, 5) is 50.4. The number of fused-ring (bicyclic) bond motifs is 1. The molecule has 4 amide bonds. The van der Waals surface area contributed by atoms with E-state index in [1.54, 1.807) is 6.07 Å². The Bertz CT molecular complexity index is 778. The highest BCUT2D eigenvalue weighted by atomic mass is 16.5. The number of imide groups is 1. The standard InChI is InChI=1S/C20H25N3O6/c1-28-13-9-12(10-14(11-13)29-2)18(25)22-21-17(24)7-8-23-19(26)15-5-3-4-6-16(15)20(23)27/h9-11,15-16H,3-8H2,1-2H3,(H,21,24)(H,22,25)/t15-,16+. The Balaban J connectivity index is 1.51. The summed E-state index contributed by atoms with van der Waals surface area (Å²) in [6.45, 7) is 0.0132. The van der Waals surface area contributed by atoms with Crippen LogP contribution in [0.25, 0.3) is 0 Å². The van der Waals surface area contributed by atoms with Gasteiger partial charge in [0.25, 0.3) is 5.91 Å². The number of rotatable bonds is 6. The third-order valence-electron chi connectivity index (χ3n) is 5.42. The summed E-state index contributed by atoms with van der Waals surface area (Å²) in [6.07, 6.45) is 3.29. The fraction of sp³-hybridized carbons (Fsp3) is 0.500. The minimum absolute atomic E-state index is 0.0132. The largest absolute Gasteiger partial charge is 0.497 e. The van der Waals surface area contributed by atoms with Crippen LogP contribution in [0.2, 0.25) is 0 Å². The van der Waals surface area contributed by atoms with Crippen LogP contribution in [0.1, 0.15) is 42.5 Å². The molecule has 9 heteroatoms. The number of hydrogen-bond acceptors (Lipinski definition) is 6. The third-order valence-corrected chi connectivity index (χ3v) is 5.42. The molecule has 3 rings (SSSR count). The van der Waals surface area contributed by atoms with Gasteiger partial charge in [-0.2, -0.15) is 0 Å². The van der Waals surface area contributed by atoms with Crippen molar-refractivity contribution in [1.29, 1.82) is 0 Å². The van der Waals surface area contributed by atoms with Gasteiger partial charge in [-0.3, -0.25) is 34.9 Å². The number of hydrogen-bond donors (Lipinski definition) is 2. The molecule has 1 heterocycles. The van der Waals surface area contributed by atoms with Crippen LogP contribution in [0.4, 0.5) is 0 Å². The molecule has 0 bridgehead atoms.